The molecule has 0 aliphatic carbocycles. The van der Waals surface area contributed by atoms with Crippen molar-refractivity contribution in [1.82, 2.24) is 35.4 Å². The number of rotatable bonds is 6. The summed E-state index contributed by atoms with van der Waals surface area (Å²) in [5.41, 5.74) is 1.85. The van der Waals surface area contributed by atoms with Gasteiger partial charge in [0.15, 0.2) is 5.16 Å². The lowest BCUT2D eigenvalue weighted by molar-refractivity contribution is -0.123. The van der Waals surface area contributed by atoms with Crippen LogP contribution in [0.4, 0.5) is 0 Å². The topological polar surface area (TPSA) is 101 Å². The molecule has 0 aromatic carbocycles. The van der Waals surface area contributed by atoms with Crippen molar-refractivity contribution >= 4 is 42.5 Å². The van der Waals surface area contributed by atoms with E-state index in [0.29, 0.717) is 6.54 Å². The highest BCUT2D eigenvalue weighted by Gasteiger charge is 2.27. The Morgan fingerprint density at radius 2 is 2.24 bits per heavy atom. The third kappa shape index (κ3) is 4.87. The Balaban J connectivity index is 0.00000156. The van der Waals surface area contributed by atoms with Crippen LogP contribution in [0.1, 0.15) is 30.2 Å². The Morgan fingerprint density at radius 3 is 3.00 bits per heavy atom. The van der Waals surface area contributed by atoms with Crippen LogP contribution in [0.5, 0.6) is 0 Å². The zero-order chi connectivity index (χ0) is 16.2. The molecule has 3 heterocycles. The molecule has 11 heteroatoms. The lowest BCUT2D eigenvalue weighted by Gasteiger charge is -2.22. The van der Waals surface area contributed by atoms with Gasteiger partial charge in [0, 0.05) is 37.5 Å². The molecule has 25 heavy (non-hydrogen) atoms. The van der Waals surface area contributed by atoms with Crippen LogP contribution in [0.25, 0.3) is 0 Å². The summed E-state index contributed by atoms with van der Waals surface area (Å²) in [6.45, 7) is 6.22. The highest BCUT2D eigenvalue weighted by atomic mass is 35.5. The minimum Gasteiger partial charge on any atom is -0.354 e. The van der Waals surface area contributed by atoms with E-state index < -0.39 is 0 Å². The van der Waals surface area contributed by atoms with Crippen molar-refractivity contribution in [3.63, 3.8) is 0 Å². The van der Waals surface area contributed by atoms with Crippen molar-refractivity contribution in [2.75, 3.05) is 18.8 Å². The number of carbonyl (C=O) groups excluding carboxylic acids is 1. The van der Waals surface area contributed by atoms with Crippen molar-refractivity contribution < 1.29 is 4.79 Å². The van der Waals surface area contributed by atoms with Crippen LogP contribution in [0.3, 0.4) is 0 Å². The first-order chi connectivity index (χ1) is 11.2. The first kappa shape index (κ1) is 21.8. The molecule has 2 aromatic heterocycles. The predicted molar refractivity (Wildman–Crippen MR) is 102 cm³/mol. The number of carbonyl (C=O) groups is 1. The van der Waals surface area contributed by atoms with Gasteiger partial charge >= 0.3 is 0 Å². The fourth-order valence-electron chi connectivity index (χ4n) is 2.69. The molecule has 1 atom stereocenters. The lowest BCUT2D eigenvalue weighted by atomic mass is 10.1. The van der Waals surface area contributed by atoms with E-state index in [-0.39, 0.29) is 36.8 Å². The Kier molecular flexibility index (Phi) is 8.70. The molecule has 0 radical (unpaired) electrons. The molecule has 0 fully saturated rings. The van der Waals surface area contributed by atoms with Gasteiger partial charge in [-0.1, -0.05) is 11.8 Å². The largest absolute Gasteiger partial charge is 0.354 e. The molecule has 0 spiro atoms. The van der Waals surface area contributed by atoms with E-state index in [1.165, 1.54) is 0 Å². The quantitative estimate of drug-likeness (QED) is 0.492. The number of nitrogens with one attached hydrogen (secondary N) is 3. The first-order valence-electron chi connectivity index (χ1n) is 7.76. The molecule has 0 saturated heterocycles. The van der Waals surface area contributed by atoms with E-state index in [1.807, 2.05) is 6.92 Å². The van der Waals surface area contributed by atoms with Crippen molar-refractivity contribution in [3.8, 4) is 0 Å². The number of nitrogens with zero attached hydrogens (tertiary/aromatic N) is 4. The summed E-state index contributed by atoms with van der Waals surface area (Å²) >= 11 is 1.60. The summed E-state index contributed by atoms with van der Waals surface area (Å²) in [5.74, 6) is 1.63. The number of hydrogen-bond acceptors (Lipinski definition) is 6. The number of imidazole rings is 1. The molecule has 1 aliphatic heterocycles. The number of amides is 1. The zero-order valence-electron chi connectivity index (χ0n) is 14.1. The molecule has 1 unspecified atom stereocenters. The summed E-state index contributed by atoms with van der Waals surface area (Å²) in [6, 6.07) is -0.364. The van der Waals surface area contributed by atoms with Crippen LogP contribution in [-0.2, 0) is 17.8 Å². The second kappa shape index (κ2) is 10.0. The average molecular weight is 408 g/mol. The summed E-state index contributed by atoms with van der Waals surface area (Å²) in [5, 5.41) is 15.3. The van der Waals surface area contributed by atoms with Crippen LogP contribution >= 0.6 is 36.6 Å². The molecule has 3 N–H and O–H groups in total. The molecule has 2 aromatic rings. The fraction of sp³-hybridized carbons (Fsp3) is 0.571. The molecule has 140 valence electrons. The molecule has 3 rings (SSSR count). The van der Waals surface area contributed by atoms with Gasteiger partial charge in [0.05, 0.1) is 12.0 Å². The highest BCUT2D eigenvalue weighted by Crippen LogP contribution is 2.19. The fourth-order valence-corrected chi connectivity index (χ4v) is 3.59. The van der Waals surface area contributed by atoms with E-state index in [4.69, 9.17) is 0 Å². The standard InChI is InChI=1S/C14H21N7OS.2ClH/c1-3-21-9(2)19-20-14(21)23-7-6-16-13(22)12-11-10(4-5-15-12)17-8-18-11;;/h8,12,15H,3-7H2,1-2H3,(H,16,22)(H,17,18);2*1H. The average Bonchev–Trinajstić information content (AvgIpc) is 3.17. The molecule has 8 nitrogen and oxygen atoms in total. The minimum atomic E-state index is -0.364. The van der Waals surface area contributed by atoms with E-state index in [9.17, 15) is 4.79 Å². The van der Waals surface area contributed by atoms with Crippen molar-refractivity contribution in [3.05, 3.63) is 23.5 Å². The van der Waals surface area contributed by atoms with Gasteiger partial charge < -0.3 is 20.2 Å². The second-order valence-electron chi connectivity index (χ2n) is 5.32. The van der Waals surface area contributed by atoms with Gasteiger partial charge in [-0.05, 0) is 13.8 Å². The number of aromatic amines is 1. The van der Waals surface area contributed by atoms with Gasteiger partial charge in [-0.3, -0.25) is 4.79 Å². The van der Waals surface area contributed by atoms with Gasteiger partial charge in [0.2, 0.25) is 5.91 Å². The highest BCUT2D eigenvalue weighted by molar-refractivity contribution is 7.99. The maximum Gasteiger partial charge on any atom is 0.243 e. The molecule has 1 aliphatic rings. The van der Waals surface area contributed by atoms with Gasteiger partial charge in [-0.25, -0.2) is 4.98 Å². The maximum atomic E-state index is 12.3. The minimum absolute atomic E-state index is 0. The van der Waals surface area contributed by atoms with E-state index in [2.05, 4.69) is 42.3 Å². The Hall–Kier alpha value is -1.29. The second-order valence-corrected chi connectivity index (χ2v) is 6.38. The van der Waals surface area contributed by atoms with Crippen LogP contribution in [-0.4, -0.2) is 49.5 Å². The molecule has 0 bridgehead atoms. The van der Waals surface area contributed by atoms with Crippen molar-refractivity contribution in [2.24, 2.45) is 0 Å². The number of hydrogen-bond donors (Lipinski definition) is 3. The molecular formula is C14H23Cl2N7OS. The lowest BCUT2D eigenvalue weighted by Crippen LogP contribution is -2.42. The van der Waals surface area contributed by atoms with Gasteiger partial charge in [-0.15, -0.1) is 35.0 Å². The van der Waals surface area contributed by atoms with E-state index in [0.717, 1.165) is 47.6 Å². The first-order valence-corrected chi connectivity index (χ1v) is 8.75. The summed E-state index contributed by atoms with van der Waals surface area (Å²) in [6.07, 6.45) is 2.52. The van der Waals surface area contributed by atoms with E-state index >= 15 is 0 Å². The van der Waals surface area contributed by atoms with Crippen molar-refractivity contribution in [2.45, 2.75) is 38.0 Å². The van der Waals surface area contributed by atoms with Crippen LogP contribution in [0, 0.1) is 6.92 Å². The van der Waals surface area contributed by atoms with Gasteiger partial charge in [0.1, 0.15) is 11.9 Å². The molecule has 0 saturated carbocycles. The number of fused-ring (bicyclic) bond motifs is 1. The van der Waals surface area contributed by atoms with Gasteiger partial charge in [0.25, 0.3) is 0 Å². The molecular weight excluding hydrogens is 385 g/mol. The number of aryl methyl sites for hydroxylation is 1. The summed E-state index contributed by atoms with van der Waals surface area (Å²) in [4.78, 5) is 19.7. The number of H-pyrrole nitrogens is 1. The van der Waals surface area contributed by atoms with E-state index in [1.54, 1.807) is 18.1 Å². The third-order valence-electron chi connectivity index (χ3n) is 3.86. The number of thioether (sulfide) groups is 1. The van der Waals surface area contributed by atoms with Crippen molar-refractivity contribution in [1.29, 1.82) is 0 Å². The Bertz CT molecular complexity index is 691. The normalized spacial score (nSPS) is 15.7. The monoisotopic (exact) mass is 407 g/mol. The molecule has 1 amide bonds. The third-order valence-corrected chi connectivity index (χ3v) is 4.83. The zero-order valence-corrected chi connectivity index (χ0v) is 16.6. The van der Waals surface area contributed by atoms with Gasteiger partial charge in [-0.2, -0.15) is 0 Å². The Morgan fingerprint density at radius 1 is 1.44 bits per heavy atom. The maximum absolute atomic E-state index is 12.3. The summed E-state index contributed by atoms with van der Waals surface area (Å²) in [7, 11) is 0. The number of aromatic nitrogens is 5. The van der Waals surface area contributed by atoms with Crippen LogP contribution < -0.4 is 10.6 Å². The SMILES string of the molecule is CCn1c(C)nnc1SCCNC(=O)C1NCCc2[nH]cnc21.Cl.Cl. The Labute approximate surface area is 163 Å². The number of halogens is 2. The predicted octanol–water partition coefficient (Wildman–Crippen LogP) is 1.27. The van der Waals surface area contributed by atoms with Crippen LogP contribution in [0.15, 0.2) is 11.5 Å². The summed E-state index contributed by atoms with van der Waals surface area (Å²) < 4.78 is 2.06. The smallest absolute Gasteiger partial charge is 0.243 e. The van der Waals surface area contributed by atoms with Crippen LogP contribution in [0.2, 0.25) is 0 Å².